The molecule has 0 bridgehead atoms. The highest BCUT2D eigenvalue weighted by Crippen LogP contribution is 2.31. The third-order valence-corrected chi connectivity index (χ3v) is 5.21. The van der Waals surface area contributed by atoms with Crippen LogP contribution in [0.15, 0.2) is 0 Å². The lowest BCUT2D eigenvalue weighted by Crippen LogP contribution is -2.44. The van der Waals surface area contributed by atoms with Crippen LogP contribution in [0.1, 0.15) is 58.8 Å². The summed E-state index contributed by atoms with van der Waals surface area (Å²) in [4.78, 5) is 2.70. The predicted octanol–water partition coefficient (Wildman–Crippen LogP) is 3.05. The largest absolute Gasteiger partial charge is 0.393 e. The molecule has 100 valence electrons. The summed E-state index contributed by atoms with van der Waals surface area (Å²) in [5.41, 5.74) is 0. The maximum atomic E-state index is 9.55. The molecule has 2 fully saturated rings. The molecular formula is C15H29NO. The molecular weight excluding hydrogens is 210 g/mol. The first-order valence-corrected chi connectivity index (χ1v) is 7.62. The van der Waals surface area contributed by atoms with Crippen molar-refractivity contribution < 1.29 is 5.11 Å². The number of hydrogen-bond acceptors (Lipinski definition) is 2. The van der Waals surface area contributed by atoms with Gasteiger partial charge in [0, 0.05) is 6.04 Å². The second-order valence-corrected chi connectivity index (χ2v) is 6.22. The molecule has 1 saturated carbocycles. The summed E-state index contributed by atoms with van der Waals surface area (Å²) in [5.74, 6) is 1.87. The van der Waals surface area contributed by atoms with Gasteiger partial charge in [0.15, 0.2) is 0 Å². The van der Waals surface area contributed by atoms with E-state index in [2.05, 4.69) is 18.7 Å². The number of nitrogens with zero attached hydrogens (tertiary/aromatic N) is 1. The number of aliphatic hydroxyl groups is 1. The van der Waals surface area contributed by atoms with E-state index in [1.165, 1.54) is 45.2 Å². The van der Waals surface area contributed by atoms with Gasteiger partial charge in [0.05, 0.1) is 6.10 Å². The molecule has 2 heteroatoms. The SMILES string of the molecule is CCC(C)C1CCN(C2CCC(O)CC2)CC1. The van der Waals surface area contributed by atoms with Crippen molar-refractivity contribution in [1.82, 2.24) is 4.90 Å². The Bertz CT molecular complexity index is 215. The third kappa shape index (κ3) is 3.45. The molecule has 0 aromatic heterocycles. The average Bonchev–Trinajstić information content (AvgIpc) is 2.39. The molecule has 1 atom stereocenters. The highest BCUT2D eigenvalue weighted by Gasteiger charge is 2.29. The van der Waals surface area contributed by atoms with Crippen molar-refractivity contribution in [1.29, 1.82) is 0 Å². The monoisotopic (exact) mass is 239 g/mol. The highest BCUT2D eigenvalue weighted by molar-refractivity contribution is 4.83. The summed E-state index contributed by atoms with van der Waals surface area (Å²) >= 11 is 0. The van der Waals surface area contributed by atoms with Crippen LogP contribution in [-0.4, -0.2) is 35.2 Å². The molecule has 0 amide bonds. The van der Waals surface area contributed by atoms with Gasteiger partial charge in [0.25, 0.3) is 0 Å². The van der Waals surface area contributed by atoms with E-state index in [1.54, 1.807) is 0 Å². The minimum Gasteiger partial charge on any atom is -0.393 e. The van der Waals surface area contributed by atoms with Crippen molar-refractivity contribution in [3.63, 3.8) is 0 Å². The van der Waals surface area contributed by atoms with E-state index in [1.807, 2.05) is 0 Å². The van der Waals surface area contributed by atoms with Gasteiger partial charge in [-0.1, -0.05) is 20.3 Å². The van der Waals surface area contributed by atoms with Crippen molar-refractivity contribution in [3.8, 4) is 0 Å². The van der Waals surface area contributed by atoms with Gasteiger partial charge in [-0.2, -0.15) is 0 Å². The van der Waals surface area contributed by atoms with E-state index in [9.17, 15) is 5.11 Å². The van der Waals surface area contributed by atoms with Gasteiger partial charge < -0.3 is 10.0 Å². The molecule has 0 aromatic carbocycles. The van der Waals surface area contributed by atoms with Crippen molar-refractivity contribution in [2.24, 2.45) is 11.8 Å². The zero-order valence-electron chi connectivity index (χ0n) is 11.6. The van der Waals surface area contributed by atoms with Crippen LogP contribution in [0.25, 0.3) is 0 Å². The van der Waals surface area contributed by atoms with Gasteiger partial charge in [0.2, 0.25) is 0 Å². The van der Waals surface area contributed by atoms with Crippen LogP contribution in [0.4, 0.5) is 0 Å². The normalized spacial score (nSPS) is 34.8. The minimum atomic E-state index is -0.0103. The molecule has 1 saturated heterocycles. The maximum absolute atomic E-state index is 9.55. The Labute approximate surface area is 106 Å². The van der Waals surface area contributed by atoms with Gasteiger partial charge in [-0.3, -0.25) is 0 Å². The van der Waals surface area contributed by atoms with Crippen LogP contribution >= 0.6 is 0 Å². The average molecular weight is 239 g/mol. The Morgan fingerprint density at radius 3 is 2.18 bits per heavy atom. The molecule has 1 unspecified atom stereocenters. The van der Waals surface area contributed by atoms with E-state index in [4.69, 9.17) is 0 Å². The van der Waals surface area contributed by atoms with Crippen molar-refractivity contribution in [2.75, 3.05) is 13.1 Å². The van der Waals surface area contributed by atoms with E-state index < -0.39 is 0 Å². The van der Waals surface area contributed by atoms with Crippen LogP contribution in [0.3, 0.4) is 0 Å². The van der Waals surface area contributed by atoms with E-state index >= 15 is 0 Å². The van der Waals surface area contributed by atoms with Gasteiger partial charge in [-0.05, 0) is 63.5 Å². The Balaban J connectivity index is 1.75. The minimum absolute atomic E-state index is 0.0103. The van der Waals surface area contributed by atoms with Crippen LogP contribution in [0.2, 0.25) is 0 Å². The highest BCUT2D eigenvalue weighted by atomic mass is 16.3. The quantitative estimate of drug-likeness (QED) is 0.818. The first-order valence-electron chi connectivity index (χ1n) is 7.62. The third-order valence-electron chi connectivity index (χ3n) is 5.21. The smallest absolute Gasteiger partial charge is 0.0541 e. The predicted molar refractivity (Wildman–Crippen MR) is 72.0 cm³/mol. The van der Waals surface area contributed by atoms with Gasteiger partial charge in [0.1, 0.15) is 0 Å². The van der Waals surface area contributed by atoms with E-state index in [-0.39, 0.29) is 6.10 Å². The molecule has 17 heavy (non-hydrogen) atoms. The number of hydrogen-bond donors (Lipinski definition) is 1. The fourth-order valence-electron chi connectivity index (χ4n) is 3.61. The van der Waals surface area contributed by atoms with Crippen molar-refractivity contribution in [2.45, 2.75) is 70.9 Å². The summed E-state index contributed by atoms with van der Waals surface area (Å²) in [6.07, 6.45) is 8.60. The van der Waals surface area contributed by atoms with Gasteiger partial charge in [-0.25, -0.2) is 0 Å². The zero-order valence-corrected chi connectivity index (χ0v) is 11.6. The second-order valence-electron chi connectivity index (χ2n) is 6.22. The topological polar surface area (TPSA) is 23.5 Å². The van der Waals surface area contributed by atoms with Crippen LogP contribution in [0, 0.1) is 11.8 Å². The second kappa shape index (κ2) is 6.19. The standard InChI is InChI=1S/C15H29NO/c1-3-12(2)13-8-10-16(11-9-13)14-4-6-15(17)7-5-14/h12-15,17H,3-11H2,1-2H3. The summed E-state index contributed by atoms with van der Waals surface area (Å²) in [6.45, 7) is 7.34. The molecule has 0 aromatic rings. The fraction of sp³-hybridized carbons (Fsp3) is 1.00. The summed E-state index contributed by atoms with van der Waals surface area (Å²) in [5, 5.41) is 9.55. The van der Waals surface area contributed by atoms with Crippen LogP contribution in [0.5, 0.6) is 0 Å². The summed E-state index contributed by atoms with van der Waals surface area (Å²) in [7, 11) is 0. The molecule has 2 rings (SSSR count). The van der Waals surface area contributed by atoms with Crippen LogP contribution < -0.4 is 0 Å². The molecule has 2 aliphatic rings. The van der Waals surface area contributed by atoms with Gasteiger partial charge in [-0.15, -0.1) is 0 Å². The number of piperidine rings is 1. The number of likely N-dealkylation sites (tertiary alicyclic amines) is 1. The first-order chi connectivity index (χ1) is 8.20. The number of aliphatic hydroxyl groups excluding tert-OH is 1. The maximum Gasteiger partial charge on any atom is 0.0541 e. The molecule has 1 aliphatic heterocycles. The first kappa shape index (κ1) is 13.4. The van der Waals surface area contributed by atoms with Gasteiger partial charge >= 0.3 is 0 Å². The summed E-state index contributed by atoms with van der Waals surface area (Å²) in [6, 6.07) is 0.774. The van der Waals surface area contributed by atoms with E-state index in [0.717, 1.165) is 30.7 Å². The summed E-state index contributed by atoms with van der Waals surface area (Å²) < 4.78 is 0. The Kier molecular flexibility index (Phi) is 4.87. The number of rotatable bonds is 3. The van der Waals surface area contributed by atoms with Crippen LogP contribution in [-0.2, 0) is 0 Å². The lowest BCUT2D eigenvalue weighted by Gasteiger charge is -2.41. The molecule has 1 aliphatic carbocycles. The lowest BCUT2D eigenvalue weighted by molar-refractivity contribution is 0.0492. The Morgan fingerprint density at radius 2 is 1.65 bits per heavy atom. The fourth-order valence-corrected chi connectivity index (χ4v) is 3.61. The van der Waals surface area contributed by atoms with Crippen molar-refractivity contribution >= 4 is 0 Å². The van der Waals surface area contributed by atoms with E-state index in [0.29, 0.717) is 0 Å². The van der Waals surface area contributed by atoms with Crippen molar-refractivity contribution in [3.05, 3.63) is 0 Å². The Morgan fingerprint density at radius 1 is 1.06 bits per heavy atom. The molecule has 0 spiro atoms. The molecule has 1 N–H and O–H groups in total. The molecule has 2 nitrogen and oxygen atoms in total. The Hall–Kier alpha value is -0.0800. The molecule has 1 heterocycles. The molecule has 0 radical (unpaired) electrons. The zero-order chi connectivity index (χ0) is 12.3. The lowest BCUT2D eigenvalue weighted by atomic mass is 9.82.